The van der Waals surface area contributed by atoms with Crippen molar-refractivity contribution in [3.05, 3.63) is 34.9 Å². The van der Waals surface area contributed by atoms with Crippen molar-refractivity contribution < 1.29 is 23.9 Å². The van der Waals surface area contributed by atoms with Gasteiger partial charge < -0.3 is 15.0 Å². The molecule has 1 aromatic carbocycles. The smallest absolute Gasteiger partial charge is 0.261 e. The Hall–Kier alpha value is -2.74. The zero-order valence-corrected chi connectivity index (χ0v) is 19.4. The first-order valence-electron chi connectivity index (χ1n) is 11.2. The van der Waals surface area contributed by atoms with E-state index < -0.39 is 0 Å². The number of carbonyl (C=O) groups excluding carboxylic acids is 4. The maximum Gasteiger partial charge on any atom is 0.261 e. The molecule has 0 unspecified atom stereocenters. The minimum Gasteiger partial charge on any atom is -0.385 e. The van der Waals surface area contributed by atoms with Crippen LogP contribution < -0.4 is 5.32 Å². The summed E-state index contributed by atoms with van der Waals surface area (Å²) in [7, 11) is 1.57. The normalized spacial score (nSPS) is 17.0. The van der Waals surface area contributed by atoms with Gasteiger partial charge in [0.25, 0.3) is 17.7 Å². The van der Waals surface area contributed by atoms with Gasteiger partial charge in [0.1, 0.15) is 0 Å². The lowest BCUT2D eigenvalue weighted by molar-refractivity contribution is -0.134. The summed E-state index contributed by atoms with van der Waals surface area (Å²) in [5, 5.41) is 3.01. The van der Waals surface area contributed by atoms with Crippen LogP contribution >= 0.6 is 0 Å². The lowest BCUT2D eigenvalue weighted by atomic mass is 9.91. The maximum absolute atomic E-state index is 12.8. The van der Waals surface area contributed by atoms with Crippen molar-refractivity contribution in [1.82, 2.24) is 15.1 Å². The SMILES string of the molecule is COCCCN1C(=O)c2ccc(C(=O)NC3CCN(C(=O)CC(C)(C)C)CC3)cc2C1=O. The monoisotopic (exact) mass is 443 g/mol. The minimum atomic E-state index is -0.374. The molecule has 4 amide bonds. The Morgan fingerprint density at radius 3 is 2.38 bits per heavy atom. The Morgan fingerprint density at radius 1 is 1.09 bits per heavy atom. The summed E-state index contributed by atoms with van der Waals surface area (Å²) in [4.78, 5) is 53.4. The molecule has 0 saturated carbocycles. The number of hydrogen-bond donors (Lipinski definition) is 1. The highest BCUT2D eigenvalue weighted by Gasteiger charge is 2.36. The van der Waals surface area contributed by atoms with Crippen LogP contribution in [0.5, 0.6) is 0 Å². The molecule has 174 valence electrons. The van der Waals surface area contributed by atoms with Crippen molar-refractivity contribution in [2.75, 3.05) is 33.4 Å². The first kappa shape index (κ1) is 23.9. The maximum atomic E-state index is 12.8. The van der Waals surface area contributed by atoms with Crippen molar-refractivity contribution in [2.24, 2.45) is 5.41 Å². The van der Waals surface area contributed by atoms with Crippen molar-refractivity contribution in [1.29, 1.82) is 0 Å². The van der Waals surface area contributed by atoms with Crippen LogP contribution in [0.2, 0.25) is 0 Å². The number of ether oxygens (including phenoxy) is 1. The first-order chi connectivity index (χ1) is 15.1. The molecule has 0 aromatic heterocycles. The molecule has 32 heavy (non-hydrogen) atoms. The van der Waals surface area contributed by atoms with E-state index in [-0.39, 0.29) is 47.2 Å². The Kier molecular flexibility index (Phi) is 7.33. The number of likely N-dealkylation sites (tertiary alicyclic amines) is 1. The number of nitrogens with zero attached hydrogens (tertiary/aromatic N) is 2. The van der Waals surface area contributed by atoms with E-state index >= 15 is 0 Å². The van der Waals surface area contributed by atoms with Crippen LogP contribution in [0.15, 0.2) is 18.2 Å². The van der Waals surface area contributed by atoms with Crippen molar-refractivity contribution in [3.8, 4) is 0 Å². The van der Waals surface area contributed by atoms with E-state index in [2.05, 4.69) is 5.32 Å². The molecule has 8 heteroatoms. The number of imide groups is 1. The lowest BCUT2D eigenvalue weighted by Crippen LogP contribution is -2.47. The van der Waals surface area contributed by atoms with Gasteiger partial charge in [-0.1, -0.05) is 20.8 Å². The minimum absolute atomic E-state index is 0.0303. The van der Waals surface area contributed by atoms with Gasteiger partial charge in [0, 0.05) is 51.4 Å². The van der Waals surface area contributed by atoms with E-state index in [9.17, 15) is 19.2 Å². The van der Waals surface area contributed by atoms with Crippen LogP contribution in [-0.2, 0) is 9.53 Å². The highest BCUT2D eigenvalue weighted by atomic mass is 16.5. The molecule has 2 aliphatic heterocycles. The number of methoxy groups -OCH3 is 1. The molecule has 1 aromatic rings. The van der Waals surface area contributed by atoms with E-state index in [0.29, 0.717) is 56.5 Å². The first-order valence-corrected chi connectivity index (χ1v) is 11.2. The quantitative estimate of drug-likeness (QED) is 0.516. The van der Waals surface area contributed by atoms with Crippen LogP contribution in [0.3, 0.4) is 0 Å². The van der Waals surface area contributed by atoms with Gasteiger partial charge in [0.2, 0.25) is 5.91 Å². The van der Waals surface area contributed by atoms with Crippen LogP contribution in [0.1, 0.15) is 77.5 Å². The third-order valence-corrected chi connectivity index (χ3v) is 5.83. The third kappa shape index (κ3) is 5.54. The summed E-state index contributed by atoms with van der Waals surface area (Å²) in [6.45, 7) is 8.12. The molecule has 2 aliphatic rings. The molecular formula is C24H33N3O5. The Labute approximate surface area is 189 Å². The predicted octanol–water partition coefficient (Wildman–Crippen LogP) is 2.48. The number of fused-ring (bicyclic) bond motifs is 1. The molecule has 1 fully saturated rings. The zero-order valence-electron chi connectivity index (χ0n) is 19.4. The van der Waals surface area contributed by atoms with E-state index in [1.54, 1.807) is 19.2 Å². The van der Waals surface area contributed by atoms with E-state index in [1.807, 2.05) is 25.7 Å². The molecule has 1 saturated heterocycles. The fraction of sp³-hybridized carbons (Fsp3) is 0.583. The van der Waals surface area contributed by atoms with E-state index in [1.165, 1.54) is 11.0 Å². The van der Waals surface area contributed by atoms with Gasteiger partial charge in [0.15, 0.2) is 0 Å². The summed E-state index contributed by atoms with van der Waals surface area (Å²) in [5.74, 6) is -0.828. The van der Waals surface area contributed by atoms with Gasteiger partial charge in [-0.05, 0) is 42.9 Å². The number of hydrogen-bond acceptors (Lipinski definition) is 5. The zero-order chi connectivity index (χ0) is 23.5. The molecule has 1 N–H and O–H groups in total. The number of amides is 4. The number of carbonyl (C=O) groups is 4. The highest BCUT2D eigenvalue weighted by molar-refractivity contribution is 6.22. The topological polar surface area (TPSA) is 96.0 Å². The second-order valence-corrected chi connectivity index (χ2v) is 9.73. The van der Waals surface area contributed by atoms with Gasteiger partial charge in [-0.3, -0.25) is 24.1 Å². The summed E-state index contributed by atoms with van der Waals surface area (Å²) in [6.07, 6.45) is 2.45. The molecule has 3 rings (SSSR count). The summed E-state index contributed by atoms with van der Waals surface area (Å²) in [6, 6.07) is 4.61. The standard InChI is InChI=1S/C24H33N3O5/c1-24(2,3)15-20(28)26-11-8-17(9-12-26)25-21(29)16-6-7-18-19(14-16)23(31)27(22(18)30)10-5-13-32-4/h6-7,14,17H,5,8-13,15H2,1-4H3,(H,25,29). The molecular weight excluding hydrogens is 410 g/mol. The number of rotatable bonds is 7. The van der Waals surface area contributed by atoms with Crippen molar-refractivity contribution in [3.63, 3.8) is 0 Å². The fourth-order valence-corrected chi connectivity index (χ4v) is 4.11. The summed E-state index contributed by atoms with van der Waals surface area (Å²) in [5.41, 5.74) is 0.903. The van der Waals surface area contributed by atoms with Gasteiger partial charge in [-0.25, -0.2) is 0 Å². The van der Waals surface area contributed by atoms with Crippen molar-refractivity contribution >= 4 is 23.6 Å². The van der Waals surface area contributed by atoms with Gasteiger partial charge in [0.05, 0.1) is 11.1 Å². The second kappa shape index (κ2) is 9.81. The molecule has 2 heterocycles. The molecule has 0 spiro atoms. The highest BCUT2D eigenvalue weighted by Crippen LogP contribution is 2.25. The van der Waals surface area contributed by atoms with Crippen LogP contribution in [-0.4, -0.2) is 72.8 Å². The molecule has 0 radical (unpaired) electrons. The van der Waals surface area contributed by atoms with Crippen LogP contribution in [0.4, 0.5) is 0 Å². The van der Waals surface area contributed by atoms with Gasteiger partial charge in [-0.2, -0.15) is 0 Å². The average molecular weight is 444 g/mol. The molecule has 0 aliphatic carbocycles. The van der Waals surface area contributed by atoms with Crippen LogP contribution in [0.25, 0.3) is 0 Å². The Bertz CT molecular complexity index is 897. The number of piperidine rings is 1. The van der Waals surface area contributed by atoms with E-state index in [4.69, 9.17) is 4.74 Å². The largest absolute Gasteiger partial charge is 0.385 e. The number of benzene rings is 1. The lowest BCUT2D eigenvalue weighted by Gasteiger charge is -2.34. The van der Waals surface area contributed by atoms with Gasteiger partial charge >= 0.3 is 0 Å². The molecule has 0 atom stereocenters. The third-order valence-electron chi connectivity index (χ3n) is 5.83. The van der Waals surface area contributed by atoms with Crippen LogP contribution in [0, 0.1) is 5.41 Å². The summed E-state index contributed by atoms with van der Waals surface area (Å²) < 4.78 is 4.99. The molecule has 0 bridgehead atoms. The van der Waals surface area contributed by atoms with E-state index in [0.717, 1.165) is 0 Å². The Balaban J connectivity index is 1.57. The van der Waals surface area contributed by atoms with Crippen molar-refractivity contribution in [2.45, 2.75) is 52.5 Å². The fourth-order valence-electron chi connectivity index (χ4n) is 4.11. The average Bonchev–Trinajstić information content (AvgIpc) is 2.97. The second-order valence-electron chi connectivity index (χ2n) is 9.73. The van der Waals surface area contributed by atoms with Gasteiger partial charge in [-0.15, -0.1) is 0 Å². The Morgan fingerprint density at radius 2 is 1.75 bits per heavy atom. The predicted molar refractivity (Wildman–Crippen MR) is 119 cm³/mol. The summed E-state index contributed by atoms with van der Waals surface area (Å²) >= 11 is 0. The molecule has 8 nitrogen and oxygen atoms in total. The number of nitrogens with one attached hydrogen (secondary N) is 1.